The molecule has 4 heteroatoms. The van der Waals surface area contributed by atoms with Gasteiger partial charge in [0.2, 0.25) is 0 Å². The standard InChI is InChI=1S/C59H42N4/c1-39-57(41-33-35-50-48-28-15-17-31-53(48)62(55(50)37-41)43-21-7-3-8-22-43)60-59(52-30-14-13-27-47(52)46-26-12-11-25-45(46)40-19-5-2-6-20-40)61-58(39)42-34-36-51-49-29-16-18-32-54(49)63(56(51)38-42)44-23-9-4-10-24-44/h2-39,57H,1H3. The van der Waals surface area contributed by atoms with E-state index in [9.17, 15) is 0 Å². The lowest BCUT2D eigenvalue weighted by molar-refractivity contribution is 0.592. The highest BCUT2D eigenvalue weighted by atomic mass is 15.0. The summed E-state index contributed by atoms with van der Waals surface area (Å²) in [7, 11) is 0. The van der Waals surface area contributed by atoms with Crippen LogP contribution in [0.4, 0.5) is 0 Å². The van der Waals surface area contributed by atoms with E-state index < -0.39 is 0 Å². The van der Waals surface area contributed by atoms with Gasteiger partial charge in [-0.25, -0.2) is 4.99 Å². The molecule has 0 saturated carbocycles. The molecule has 9 aromatic carbocycles. The molecule has 4 nitrogen and oxygen atoms in total. The highest BCUT2D eigenvalue weighted by Gasteiger charge is 2.32. The summed E-state index contributed by atoms with van der Waals surface area (Å²) in [6.07, 6.45) is 0. The molecule has 3 heterocycles. The maximum atomic E-state index is 5.71. The molecule has 0 N–H and O–H groups in total. The van der Waals surface area contributed by atoms with Gasteiger partial charge in [0.1, 0.15) is 0 Å². The van der Waals surface area contributed by atoms with Gasteiger partial charge >= 0.3 is 0 Å². The molecule has 0 radical (unpaired) electrons. The van der Waals surface area contributed by atoms with Crippen molar-refractivity contribution >= 4 is 55.2 Å². The van der Waals surface area contributed by atoms with Crippen LogP contribution in [0.3, 0.4) is 0 Å². The third kappa shape index (κ3) is 6.14. The Morgan fingerprint density at radius 3 is 1.44 bits per heavy atom. The zero-order valence-electron chi connectivity index (χ0n) is 34.8. The van der Waals surface area contributed by atoms with Crippen LogP contribution in [0.1, 0.15) is 29.7 Å². The van der Waals surface area contributed by atoms with Crippen molar-refractivity contribution in [1.82, 2.24) is 9.13 Å². The van der Waals surface area contributed by atoms with E-state index in [1.165, 1.54) is 49.2 Å². The van der Waals surface area contributed by atoms with E-state index in [1.807, 2.05) is 0 Å². The third-order valence-electron chi connectivity index (χ3n) is 12.9. The molecule has 63 heavy (non-hydrogen) atoms. The van der Waals surface area contributed by atoms with Crippen LogP contribution in [0, 0.1) is 5.92 Å². The maximum Gasteiger partial charge on any atom is 0.156 e. The highest BCUT2D eigenvalue weighted by molar-refractivity contribution is 6.19. The van der Waals surface area contributed by atoms with Crippen LogP contribution in [-0.2, 0) is 0 Å². The fraction of sp³-hybridized carbons (Fsp3) is 0.0508. The summed E-state index contributed by atoms with van der Waals surface area (Å²) < 4.78 is 4.79. The first-order valence-corrected chi connectivity index (χ1v) is 21.8. The van der Waals surface area contributed by atoms with Gasteiger partial charge in [0, 0.05) is 44.4 Å². The van der Waals surface area contributed by atoms with Gasteiger partial charge in [-0.05, 0) is 81.9 Å². The molecule has 1 aliphatic rings. The molecule has 2 aromatic heterocycles. The van der Waals surface area contributed by atoms with Crippen molar-refractivity contribution in [3.8, 4) is 33.6 Å². The van der Waals surface area contributed by atoms with E-state index in [0.717, 1.165) is 56.3 Å². The van der Waals surface area contributed by atoms with Crippen molar-refractivity contribution in [1.29, 1.82) is 0 Å². The Morgan fingerprint density at radius 1 is 0.365 bits per heavy atom. The van der Waals surface area contributed by atoms with Crippen LogP contribution < -0.4 is 0 Å². The third-order valence-corrected chi connectivity index (χ3v) is 12.9. The number of hydrogen-bond acceptors (Lipinski definition) is 2. The Kier molecular flexibility index (Phi) is 8.82. The number of rotatable bonds is 7. The molecule has 0 aliphatic carbocycles. The Hall–Kier alpha value is -8.08. The monoisotopic (exact) mass is 806 g/mol. The summed E-state index contributed by atoms with van der Waals surface area (Å²) in [5, 5.41) is 4.91. The van der Waals surface area contributed by atoms with Gasteiger partial charge in [0.05, 0.1) is 33.8 Å². The van der Waals surface area contributed by atoms with E-state index in [4.69, 9.17) is 9.98 Å². The molecule has 2 atom stereocenters. The van der Waals surface area contributed by atoms with Crippen LogP contribution in [0.5, 0.6) is 0 Å². The van der Waals surface area contributed by atoms with Crippen LogP contribution in [0.25, 0.3) is 77.2 Å². The molecule has 11 aromatic rings. The van der Waals surface area contributed by atoms with E-state index in [-0.39, 0.29) is 12.0 Å². The van der Waals surface area contributed by atoms with Crippen LogP contribution in [0.15, 0.2) is 234 Å². The molecule has 0 amide bonds. The normalized spacial score (nSPS) is 15.3. The van der Waals surface area contributed by atoms with Crippen molar-refractivity contribution < 1.29 is 0 Å². The first-order valence-electron chi connectivity index (χ1n) is 21.8. The fourth-order valence-corrected chi connectivity index (χ4v) is 9.97. The Balaban J connectivity index is 1.09. The zero-order valence-corrected chi connectivity index (χ0v) is 34.8. The van der Waals surface area contributed by atoms with Crippen LogP contribution in [0.2, 0.25) is 0 Å². The van der Waals surface area contributed by atoms with Crippen molar-refractivity contribution in [3.05, 3.63) is 241 Å². The highest BCUT2D eigenvalue weighted by Crippen LogP contribution is 2.42. The Bertz CT molecular complexity index is 3580. The topological polar surface area (TPSA) is 34.6 Å². The Morgan fingerprint density at radius 2 is 0.825 bits per heavy atom. The SMILES string of the molecule is CC1C(c2ccc3c4ccccc4n(-c4ccccc4)c3c2)=NC(c2ccccc2-c2ccccc2-c2ccccc2)=NC1c1ccc2c3ccccc3n(-c3ccccc3)c2c1. The minimum Gasteiger partial charge on any atom is -0.309 e. The number of hydrogen-bond donors (Lipinski definition) is 0. The van der Waals surface area contributed by atoms with Crippen molar-refractivity contribution in [3.63, 3.8) is 0 Å². The number of amidine groups is 1. The lowest BCUT2D eigenvalue weighted by atomic mass is 9.85. The number of fused-ring (bicyclic) bond motifs is 6. The summed E-state index contributed by atoms with van der Waals surface area (Å²) in [6.45, 7) is 2.30. The molecule has 0 spiro atoms. The molecular weight excluding hydrogens is 765 g/mol. The molecule has 2 unspecified atom stereocenters. The number of benzene rings is 9. The van der Waals surface area contributed by atoms with Crippen LogP contribution >= 0.6 is 0 Å². The first-order chi connectivity index (χ1) is 31.2. The lowest BCUT2D eigenvalue weighted by Gasteiger charge is -2.29. The molecule has 298 valence electrons. The predicted molar refractivity (Wildman–Crippen MR) is 264 cm³/mol. The summed E-state index contributed by atoms with van der Waals surface area (Å²) >= 11 is 0. The average Bonchev–Trinajstić information content (AvgIpc) is 3.87. The van der Waals surface area contributed by atoms with E-state index in [2.05, 4.69) is 241 Å². The number of para-hydroxylation sites is 4. The number of aliphatic imine (C=N–C) groups is 2. The van der Waals surface area contributed by atoms with Crippen molar-refractivity contribution in [2.45, 2.75) is 13.0 Å². The van der Waals surface area contributed by atoms with E-state index >= 15 is 0 Å². The van der Waals surface area contributed by atoms with E-state index in [0.29, 0.717) is 0 Å². The lowest BCUT2D eigenvalue weighted by Crippen LogP contribution is -2.26. The van der Waals surface area contributed by atoms with Crippen molar-refractivity contribution in [2.24, 2.45) is 15.9 Å². The summed E-state index contributed by atoms with van der Waals surface area (Å²) in [6, 6.07) is 80.5. The van der Waals surface area contributed by atoms with E-state index in [1.54, 1.807) is 0 Å². The molecule has 1 aliphatic heterocycles. The molecule has 0 fully saturated rings. The average molecular weight is 807 g/mol. The summed E-state index contributed by atoms with van der Waals surface area (Å²) in [4.78, 5) is 11.4. The second-order valence-corrected chi connectivity index (χ2v) is 16.5. The minimum atomic E-state index is -0.216. The van der Waals surface area contributed by atoms with Crippen molar-refractivity contribution in [2.75, 3.05) is 0 Å². The Labute approximate surface area is 366 Å². The summed E-state index contributed by atoms with van der Waals surface area (Å²) in [5.74, 6) is 0.690. The fourth-order valence-electron chi connectivity index (χ4n) is 9.97. The van der Waals surface area contributed by atoms with Gasteiger partial charge in [-0.1, -0.05) is 183 Å². The second-order valence-electron chi connectivity index (χ2n) is 16.5. The predicted octanol–water partition coefficient (Wildman–Crippen LogP) is 14.8. The molecular formula is C59H42N4. The zero-order chi connectivity index (χ0) is 41.9. The molecule has 0 bridgehead atoms. The van der Waals surface area contributed by atoms with Gasteiger partial charge in [-0.15, -0.1) is 0 Å². The van der Waals surface area contributed by atoms with Crippen LogP contribution in [-0.4, -0.2) is 20.7 Å². The quantitative estimate of drug-likeness (QED) is 0.154. The molecule has 0 saturated heterocycles. The maximum absolute atomic E-state index is 5.71. The van der Waals surface area contributed by atoms with Gasteiger partial charge < -0.3 is 9.13 Å². The van der Waals surface area contributed by atoms with Gasteiger partial charge in [0.15, 0.2) is 5.84 Å². The number of nitrogens with zero attached hydrogens (tertiary/aromatic N) is 4. The number of aromatic nitrogens is 2. The summed E-state index contributed by atoms with van der Waals surface area (Å²) in [5.41, 5.74) is 15.8. The van der Waals surface area contributed by atoms with Gasteiger partial charge in [-0.3, -0.25) is 4.99 Å². The second kappa shape index (κ2) is 15.1. The minimum absolute atomic E-state index is 0.0449. The first kappa shape index (κ1) is 36.7. The largest absolute Gasteiger partial charge is 0.309 e. The smallest absolute Gasteiger partial charge is 0.156 e. The van der Waals surface area contributed by atoms with Gasteiger partial charge in [0.25, 0.3) is 0 Å². The van der Waals surface area contributed by atoms with Gasteiger partial charge in [-0.2, -0.15) is 0 Å². The molecule has 12 rings (SSSR count).